The third-order valence-corrected chi connectivity index (χ3v) is 3.78. The second-order valence-corrected chi connectivity index (χ2v) is 5.49. The van der Waals surface area contributed by atoms with Gasteiger partial charge in [0.15, 0.2) is 5.69 Å². The predicted molar refractivity (Wildman–Crippen MR) is 87.0 cm³/mol. The van der Waals surface area contributed by atoms with Crippen LogP contribution in [0.2, 0.25) is 0 Å². The molecule has 3 rings (SSSR count). The lowest BCUT2D eigenvalue weighted by atomic mass is 10.2. The molecule has 1 amide bonds. The Balaban J connectivity index is 0.00000225. The lowest BCUT2D eigenvalue weighted by Crippen LogP contribution is -2.34. The van der Waals surface area contributed by atoms with Gasteiger partial charge in [-0.2, -0.15) is 13.2 Å². The maximum absolute atomic E-state index is 12.8. The number of aromatic nitrogens is 3. The molecule has 1 aromatic carbocycles. The van der Waals surface area contributed by atoms with Gasteiger partial charge in [0.1, 0.15) is 0 Å². The van der Waals surface area contributed by atoms with Crippen LogP contribution in [0.3, 0.4) is 0 Å². The van der Waals surface area contributed by atoms with Crippen molar-refractivity contribution in [2.75, 3.05) is 26.2 Å². The first-order valence-electron chi connectivity index (χ1n) is 7.55. The highest BCUT2D eigenvalue weighted by atomic mass is 35.5. The smallest absolute Gasteiger partial charge is 0.336 e. The lowest BCUT2D eigenvalue weighted by molar-refractivity contribution is -0.137. The fourth-order valence-corrected chi connectivity index (χ4v) is 2.52. The molecule has 0 bridgehead atoms. The number of hydrogen-bond donors (Lipinski definition) is 1. The van der Waals surface area contributed by atoms with E-state index in [0.29, 0.717) is 19.6 Å². The van der Waals surface area contributed by atoms with Crippen LogP contribution in [0.15, 0.2) is 30.5 Å². The quantitative estimate of drug-likeness (QED) is 0.873. The number of amides is 1. The van der Waals surface area contributed by atoms with Crippen molar-refractivity contribution in [3.63, 3.8) is 0 Å². The number of halogens is 4. The first-order chi connectivity index (χ1) is 11.4. The number of benzene rings is 1. The molecule has 1 aliphatic heterocycles. The van der Waals surface area contributed by atoms with Gasteiger partial charge in [-0.05, 0) is 31.2 Å². The highest BCUT2D eigenvalue weighted by Crippen LogP contribution is 2.30. The summed E-state index contributed by atoms with van der Waals surface area (Å²) in [5, 5.41) is 10.8. The van der Waals surface area contributed by atoms with Crippen LogP contribution in [-0.4, -0.2) is 52.0 Å². The van der Waals surface area contributed by atoms with Crippen molar-refractivity contribution < 1.29 is 18.0 Å². The van der Waals surface area contributed by atoms with Gasteiger partial charge < -0.3 is 10.2 Å². The maximum atomic E-state index is 12.8. The van der Waals surface area contributed by atoms with Crippen molar-refractivity contribution in [3.05, 3.63) is 41.7 Å². The Bertz CT molecular complexity index is 726. The number of carbonyl (C=O) groups is 1. The van der Waals surface area contributed by atoms with E-state index in [1.165, 1.54) is 23.0 Å². The minimum Gasteiger partial charge on any atom is -0.336 e. The summed E-state index contributed by atoms with van der Waals surface area (Å²) in [5.74, 6) is -0.267. The molecule has 6 nitrogen and oxygen atoms in total. The van der Waals surface area contributed by atoms with Crippen molar-refractivity contribution in [1.82, 2.24) is 25.2 Å². The van der Waals surface area contributed by atoms with Gasteiger partial charge in [-0.25, -0.2) is 4.68 Å². The molecule has 2 heterocycles. The topological polar surface area (TPSA) is 63.1 Å². The Morgan fingerprint density at radius 1 is 1.20 bits per heavy atom. The Morgan fingerprint density at radius 3 is 2.76 bits per heavy atom. The zero-order valence-electron chi connectivity index (χ0n) is 13.2. The van der Waals surface area contributed by atoms with E-state index in [2.05, 4.69) is 15.6 Å². The van der Waals surface area contributed by atoms with Gasteiger partial charge in [-0.3, -0.25) is 4.79 Å². The first kappa shape index (κ1) is 19.2. The molecule has 0 saturated carbocycles. The molecule has 0 atom stereocenters. The molecule has 0 radical (unpaired) electrons. The number of nitrogens with zero attached hydrogens (tertiary/aromatic N) is 4. The molecule has 0 unspecified atom stereocenters. The Labute approximate surface area is 148 Å². The number of alkyl halides is 3. The molecule has 1 fully saturated rings. The molecule has 10 heteroatoms. The minimum atomic E-state index is -4.44. The number of nitrogens with one attached hydrogen (secondary N) is 1. The average Bonchev–Trinajstić information content (AvgIpc) is 2.89. The van der Waals surface area contributed by atoms with Crippen LogP contribution in [0.25, 0.3) is 5.69 Å². The van der Waals surface area contributed by atoms with Crippen LogP contribution in [0.5, 0.6) is 0 Å². The molecular weight excluding hydrogens is 359 g/mol. The second kappa shape index (κ2) is 7.83. The van der Waals surface area contributed by atoms with E-state index in [-0.39, 0.29) is 29.7 Å². The number of carbonyl (C=O) groups excluding carboxylic acids is 1. The maximum Gasteiger partial charge on any atom is 0.416 e. The summed E-state index contributed by atoms with van der Waals surface area (Å²) in [6.07, 6.45) is -2.24. The van der Waals surface area contributed by atoms with E-state index < -0.39 is 11.7 Å². The Hall–Kier alpha value is -2.13. The average molecular weight is 376 g/mol. The highest BCUT2D eigenvalue weighted by molar-refractivity contribution is 5.92. The third-order valence-electron chi connectivity index (χ3n) is 3.78. The third kappa shape index (κ3) is 4.49. The van der Waals surface area contributed by atoms with E-state index in [4.69, 9.17) is 0 Å². The van der Waals surface area contributed by atoms with Crippen molar-refractivity contribution in [2.24, 2.45) is 0 Å². The van der Waals surface area contributed by atoms with Crippen LogP contribution in [0.4, 0.5) is 13.2 Å². The van der Waals surface area contributed by atoms with Crippen LogP contribution in [0, 0.1) is 0 Å². The van der Waals surface area contributed by atoms with Crippen LogP contribution >= 0.6 is 12.4 Å². The minimum absolute atomic E-state index is 0. The highest BCUT2D eigenvalue weighted by Gasteiger charge is 2.30. The standard InChI is InChI=1S/C15H16F3N5O.ClH/c16-15(17,18)11-3-1-4-12(9-11)23-10-13(20-21-23)14(24)22-7-2-5-19-6-8-22;/h1,3-4,9-10,19H,2,5-8H2;1H. The van der Waals surface area contributed by atoms with Crippen LogP contribution in [0.1, 0.15) is 22.5 Å². The SMILES string of the molecule is Cl.O=C(c1cn(-c2cccc(C(F)(F)F)c2)nn1)N1CCCNCC1. The monoisotopic (exact) mass is 375 g/mol. The normalized spacial score (nSPS) is 15.4. The summed E-state index contributed by atoms with van der Waals surface area (Å²) >= 11 is 0. The van der Waals surface area contributed by atoms with Crippen molar-refractivity contribution in [1.29, 1.82) is 0 Å². The molecule has 0 spiro atoms. The van der Waals surface area contributed by atoms with E-state index >= 15 is 0 Å². The van der Waals surface area contributed by atoms with E-state index in [0.717, 1.165) is 25.1 Å². The Morgan fingerprint density at radius 2 is 2.00 bits per heavy atom. The lowest BCUT2D eigenvalue weighted by Gasteiger charge is -2.18. The van der Waals surface area contributed by atoms with E-state index in [1.807, 2.05) is 0 Å². The van der Waals surface area contributed by atoms with Crippen molar-refractivity contribution >= 4 is 18.3 Å². The van der Waals surface area contributed by atoms with Gasteiger partial charge in [-0.1, -0.05) is 11.3 Å². The summed E-state index contributed by atoms with van der Waals surface area (Å²) in [5.41, 5.74) is -0.454. The predicted octanol–water partition coefficient (Wildman–Crippen LogP) is 2.14. The molecule has 136 valence electrons. The summed E-state index contributed by atoms with van der Waals surface area (Å²) in [7, 11) is 0. The second-order valence-electron chi connectivity index (χ2n) is 5.49. The number of hydrogen-bond acceptors (Lipinski definition) is 4. The first-order valence-corrected chi connectivity index (χ1v) is 7.55. The zero-order valence-corrected chi connectivity index (χ0v) is 14.0. The molecule has 1 aromatic heterocycles. The van der Waals surface area contributed by atoms with Gasteiger partial charge in [0.05, 0.1) is 17.4 Å². The van der Waals surface area contributed by atoms with Crippen molar-refractivity contribution in [3.8, 4) is 5.69 Å². The van der Waals surface area contributed by atoms with Crippen LogP contribution < -0.4 is 5.32 Å². The molecule has 25 heavy (non-hydrogen) atoms. The van der Waals surface area contributed by atoms with Gasteiger partial charge >= 0.3 is 6.18 Å². The summed E-state index contributed by atoms with van der Waals surface area (Å²) in [4.78, 5) is 14.1. The van der Waals surface area contributed by atoms with E-state index in [1.54, 1.807) is 4.90 Å². The Kier molecular flexibility index (Phi) is 6.02. The van der Waals surface area contributed by atoms with Gasteiger partial charge in [-0.15, -0.1) is 17.5 Å². The van der Waals surface area contributed by atoms with Crippen molar-refractivity contribution in [2.45, 2.75) is 12.6 Å². The van der Waals surface area contributed by atoms with Gasteiger partial charge in [0.25, 0.3) is 5.91 Å². The molecular formula is C15H17ClF3N5O. The molecule has 2 aromatic rings. The molecule has 1 aliphatic rings. The summed E-state index contributed by atoms with van der Waals surface area (Å²) in [6, 6.07) is 4.73. The van der Waals surface area contributed by atoms with Crippen LogP contribution in [-0.2, 0) is 6.18 Å². The largest absolute Gasteiger partial charge is 0.416 e. The molecule has 1 saturated heterocycles. The number of rotatable bonds is 2. The fraction of sp³-hybridized carbons (Fsp3) is 0.400. The summed E-state index contributed by atoms with van der Waals surface area (Å²) < 4.78 is 39.5. The van der Waals surface area contributed by atoms with Gasteiger partial charge in [0, 0.05) is 19.6 Å². The molecule has 0 aliphatic carbocycles. The van der Waals surface area contributed by atoms with Gasteiger partial charge in [0.2, 0.25) is 0 Å². The zero-order chi connectivity index (χ0) is 17.2. The summed E-state index contributed by atoms with van der Waals surface area (Å²) in [6.45, 7) is 2.73. The fourth-order valence-electron chi connectivity index (χ4n) is 2.52. The van der Waals surface area contributed by atoms with E-state index in [9.17, 15) is 18.0 Å². The molecule has 1 N–H and O–H groups in total.